The van der Waals surface area contributed by atoms with E-state index in [1.165, 1.54) is 4.90 Å². The Balaban J connectivity index is 1.55. The summed E-state index contributed by atoms with van der Waals surface area (Å²) < 4.78 is 0. The lowest BCUT2D eigenvalue weighted by Gasteiger charge is -2.42. The number of likely N-dealkylation sites (N-methyl/N-ethyl adjacent to an activating group) is 1. The maximum atomic E-state index is 13.3. The van der Waals surface area contributed by atoms with Crippen molar-refractivity contribution in [2.45, 2.75) is 38.8 Å². The Labute approximate surface area is 171 Å². The minimum absolute atomic E-state index is 0.156. The second kappa shape index (κ2) is 7.96. The van der Waals surface area contributed by atoms with Crippen molar-refractivity contribution in [3.05, 3.63) is 42.0 Å². The number of carbonyl (C=O) groups is 2. The predicted molar refractivity (Wildman–Crippen MR) is 112 cm³/mol. The number of rotatable bonds is 5. The molecular formula is C21H28N6O2. The van der Waals surface area contributed by atoms with Crippen LogP contribution in [0.4, 0.5) is 4.79 Å². The van der Waals surface area contributed by atoms with Gasteiger partial charge in [-0.15, -0.1) is 0 Å². The molecule has 8 nitrogen and oxygen atoms in total. The molecule has 154 valence electrons. The Bertz CT molecular complexity index is 839. The summed E-state index contributed by atoms with van der Waals surface area (Å²) in [4.78, 5) is 31.3. The third kappa shape index (κ3) is 3.54. The van der Waals surface area contributed by atoms with Crippen molar-refractivity contribution in [2.24, 2.45) is 5.10 Å². The van der Waals surface area contributed by atoms with Crippen LogP contribution in [0.3, 0.4) is 0 Å². The molecule has 4 rings (SSSR count). The fourth-order valence-corrected chi connectivity index (χ4v) is 4.28. The van der Waals surface area contributed by atoms with Crippen LogP contribution in [0.15, 0.2) is 41.5 Å². The van der Waals surface area contributed by atoms with Gasteiger partial charge in [0.25, 0.3) is 5.91 Å². The molecule has 2 saturated heterocycles. The number of fused-ring (bicyclic) bond motifs is 3. The van der Waals surface area contributed by atoms with Gasteiger partial charge in [0.1, 0.15) is 12.2 Å². The maximum Gasteiger partial charge on any atom is 0.328 e. The Kier molecular flexibility index (Phi) is 5.38. The average Bonchev–Trinajstić information content (AvgIpc) is 3.10. The second-order valence-corrected chi connectivity index (χ2v) is 7.76. The molecular weight excluding hydrogens is 368 g/mol. The molecule has 0 spiro atoms. The van der Waals surface area contributed by atoms with Crippen LogP contribution in [-0.4, -0.2) is 82.5 Å². The Morgan fingerprint density at radius 2 is 2.00 bits per heavy atom. The first-order valence-electron chi connectivity index (χ1n) is 10.1. The molecule has 0 saturated carbocycles. The molecule has 3 atom stereocenters. The van der Waals surface area contributed by atoms with Crippen LogP contribution in [0.1, 0.15) is 25.8 Å². The van der Waals surface area contributed by atoms with Crippen LogP contribution in [0.5, 0.6) is 0 Å². The number of carbonyl (C=O) groups excluding carboxylic acids is 2. The number of imide groups is 1. The molecule has 1 aromatic rings. The fraction of sp³-hybridized carbons (Fsp3) is 0.476. The van der Waals surface area contributed by atoms with Crippen LogP contribution in [-0.2, 0) is 4.79 Å². The highest BCUT2D eigenvalue weighted by molar-refractivity contribution is 6.01. The molecule has 1 N–H and O–H groups in total. The number of hydrazone groups is 1. The van der Waals surface area contributed by atoms with E-state index >= 15 is 0 Å². The van der Waals surface area contributed by atoms with E-state index in [0.717, 1.165) is 24.2 Å². The van der Waals surface area contributed by atoms with Gasteiger partial charge in [0, 0.05) is 32.4 Å². The van der Waals surface area contributed by atoms with Crippen molar-refractivity contribution in [3.63, 3.8) is 0 Å². The third-order valence-electron chi connectivity index (χ3n) is 5.60. The van der Waals surface area contributed by atoms with Gasteiger partial charge in [-0.05, 0) is 18.9 Å². The lowest BCUT2D eigenvalue weighted by atomic mass is 10.1. The van der Waals surface area contributed by atoms with E-state index in [1.54, 1.807) is 11.9 Å². The van der Waals surface area contributed by atoms with Gasteiger partial charge in [0.05, 0.1) is 0 Å². The lowest BCUT2D eigenvalue weighted by molar-refractivity contribution is -0.138. The minimum atomic E-state index is -0.419. The summed E-state index contributed by atoms with van der Waals surface area (Å²) in [6.45, 7) is 5.74. The topological polar surface area (TPSA) is 71.5 Å². The van der Waals surface area contributed by atoms with E-state index in [9.17, 15) is 9.59 Å². The van der Waals surface area contributed by atoms with Crippen LogP contribution in [0.2, 0.25) is 0 Å². The molecule has 0 radical (unpaired) electrons. The van der Waals surface area contributed by atoms with Gasteiger partial charge in [0.15, 0.2) is 6.29 Å². The van der Waals surface area contributed by atoms with Gasteiger partial charge in [-0.2, -0.15) is 5.10 Å². The number of benzene rings is 1. The van der Waals surface area contributed by atoms with Gasteiger partial charge in [-0.25, -0.2) is 9.69 Å². The standard InChI is InChI=1S/C21H28N6O2/c1-4-12-27-20-22-18-17(26(20)14-15(2)23-27)19(28)25(21(29)24(18)3)13-8-11-16-9-6-5-7-10-16/h5-11,17-18,20,22H,4,12-14H2,1-3H3/b11-8+. The molecule has 0 aliphatic carbocycles. The smallest absolute Gasteiger partial charge is 0.310 e. The van der Waals surface area contributed by atoms with Crippen LogP contribution in [0, 0.1) is 0 Å². The number of nitrogens with zero attached hydrogens (tertiary/aromatic N) is 5. The summed E-state index contributed by atoms with van der Waals surface area (Å²) in [5.41, 5.74) is 2.01. The quantitative estimate of drug-likeness (QED) is 0.818. The summed E-state index contributed by atoms with van der Waals surface area (Å²) in [5.74, 6) is -0.156. The van der Waals surface area contributed by atoms with Gasteiger partial charge < -0.3 is 4.90 Å². The first-order valence-corrected chi connectivity index (χ1v) is 10.1. The first kappa shape index (κ1) is 19.6. The average molecular weight is 396 g/mol. The van der Waals surface area contributed by atoms with Crippen LogP contribution < -0.4 is 5.32 Å². The van der Waals surface area contributed by atoms with Crippen LogP contribution >= 0.6 is 0 Å². The van der Waals surface area contributed by atoms with Gasteiger partial charge in [0.2, 0.25) is 0 Å². The monoisotopic (exact) mass is 396 g/mol. The highest BCUT2D eigenvalue weighted by atomic mass is 16.2. The van der Waals surface area contributed by atoms with Crippen molar-refractivity contribution in [2.75, 3.05) is 26.7 Å². The molecule has 3 aliphatic heterocycles. The molecule has 3 heterocycles. The Morgan fingerprint density at radius 1 is 1.24 bits per heavy atom. The molecule has 1 aromatic carbocycles. The van der Waals surface area contributed by atoms with Crippen molar-refractivity contribution in [1.29, 1.82) is 0 Å². The van der Waals surface area contributed by atoms with E-state index in [-0.39, 0.29) is 30.9 Å². The maximum absolute atomic E-state index is 13.3. The molecule has 3 unspecified atom stereocenters. The van der Waals surface area contributed by atoms with Crippen molar-refractivity contribution >= 4 is 23.7 Å². The van der Waals surface area contributed by atoms with Gasteiger partial charge >= 0.3 is 6.03 Å². The molecule has 8 heteroatoms. The second-order valence-electron chi connectivity index (χ2n) is 7.76. The van der Waals surface area contributed by atoms with E-state index < -0.39 is 6.04 Å². The number of nitrogens with one attached hydrogen (secondary N) is 1. The van der Waals surface area contributed by atoms with Crippen molar-refractivity contribution < 1.29 is 9.59 Å². The van der Waals surface area contributed by atoms with E-state index in [0.29, 0.717) is 6.54 Å². The van der Waals surface area contributed by atoms with Crippen LogP contribution in [0.25, 0.3) is 6.08 Å². The Hall–Kier alpha value is -2.71. The zero-order chi connectivity index (χ0) is 20.5. The molecule has 3 aliphatic rings. The van der Waals surface area contributed by atoms with Crippen molar-refractivity contribution in [3.8, 4) is 0 Å². The summed E-state index contributed by atoms with van der Waals surface area (Å²) in [6, 6.07) is 9.16. The normalized spacial score (nSPS) is 27.5. The zero-order valence-electron chi connectivity index (χ0n) is 17.2. The summed E-state index contributed by atoms with van der Waals surface area (Å²) in [6.07, 6.45) is 4.23. The highest BCUT2D eigenvalue weighted by Gasteiger charge is 2.55. The number of hydrogen-bond donors (Lipinski definition) is 1. The van der Waals surface area contributed by atoms with Gasteiger partial charge in [-0.3, -0.25) is 20.0 Å². The van der Waals surface area contributed by atoms with E-state index in [1.807, 2.05) is 54.4 Å². The predicted octanol–water partition coefficient (Wildman–Crippen LogP) is 1.58. The largest absolute Gasteiger partial charge is 0.328 e. The highest BCUT2D eigenvalue weighted by Crippen LogP contribution is 2.30. The molecule has 3 amide bonds. The zero-order valence-corrected chi connectivity index (χ0v) is 17.2. The lowest BCUT2D eigenvalue weighted by Crippen LogP contribution is -2.66. The minimum Gasteiger partial charge on any atom is -0.310 e. The number of hydrogen-bond acceptors (Lipinski definition) is 6. The van der Waals surface area contributed by atoms with E-state index in [2.05, 4.69) is 22.2 Å². The van der Waals surface area contributed by atoms with Crippen molar-refractivity contribution in [1.82, 2.24) is 25.0 Å². The summed E-state index contributed by atoms with van der Waals surface area (Å²) in [7, 11) is 1.75. The molecule has 0 aromatic heterocycles. The molecule has 2 fully saturated rings. The van der Waals surface area contributed by atoms with Gasteiger partial charge in [-0.1, -0.05) is 49.4 Å². The molecule has 29 heavy (non-hydrogen) atoms. The number of urea groups is 1. The third-order valence-corrected chi connectivity index (χ3v) is 5.60. The summed E-state index contributed by atoms with van der Waals surface area (Å²) >= 11 is 0. The Morgan fingerprint density at radius 3 is 2.72 bits per heavy atom. The first-order chi connectivity index (χ1) is 14.0. The SMILES string of the molecule is CCCN1N=C(C)CN2C3C(=O)N(C/C=C/c4ccccc4)C(=O)N(C)C3NC12. The molecule has 0 bridgehead atoms. The van der Waals surface area contributed by atoms with E-state index in [4.69, 9.17) is 0 Å². The fourth-order valence-electron chi connectivity index (χ4n) is 4.28. The number of amides is 3. The summed E-state index contributed by atoms with van der Waals surface area (Å²) in [5, 5.41) is 10.1.